The van der Waals surface area contributed by atoms with Gasteiger partial charge in [0.1, 0.15) is 0 Å². The van der Waals surface area contributed by atoms with Gasteiger partial charge in [-0.25, -0.2) is 0 Å². The van der Waals surface area contributed by atoms with Gasteiger partial charge in [-0.05, 0) is 18.5 Å². The van der Waals surface area contributed by atoms with Crippen molar-refractivity contribution in [3.8, 4) is 0 Å². The van der Waals surface area contributed by atoms with Crippen LogP contribution in [0.1, 0.15) is 18.0 Å². The highest BCUT2D eigenvalue weighted by Gasteiger charge is 2.36. The van der Waals surface area contributed by atoms with Crippen molar-refractivity contribution >= 4 is 0 Å². The summed E-state index contributed by atoms with van der Waals surface area (Å²) in [5.74, 6) is 0. The van der Waals surface area contributed by atoms with Gasteiger partial charge in [0.05, 0.1) is 12.2 Å². The average Bonchev–Trinajstić information content (AvgIpc) is 2.88. The van der Waals surface area contributed by atoms with Crippen LogP contribution in [0.3, 0.4) is 0 Å². The summed E-state index contributed by atoms with van der Waals surface area (Å²) in [6.45, 7) is 2.48. The molecule has 2 rings (SSSR count). The maximum absolute atomic E-state index is 5.78. The minimum atomic E-state index is 0.147. The fourth-order valence-corrected chi connectivity index (χ4v) is 2.87. The third-order valence-corrected chi connectivity index (χ3v) is 3.91. The normalized spacial score (nSPS) is 25.6. The minimum absolute atomic E-state index is 0.147. The van der Waals surface area contributed by atoms with Gasteiger partial charge in [0.25, 0.3) is 0 Å². The van der Waals surface area contributed by atoms with Crippen LogP contribution >= 0.6 is 0 Å². The minimum Gasteiger partial charge on any atom is -0.377 e. The Hall–Kier alpha value is -0.940. The molecule has 1 fully saturated rings. The molecule has 3 unspecified atom stereocenters. The van der Waals surface area contributed by atoms with E-state index in [9.17, 15) is 0 Å². The van der Waals surface area contributed by atoms with E-state index in [4.69, 9.17) is 15.2 Å². The molecule has 4 nitrogen and oxygen atoms in total. The number of benzene rings is 1. The molecule has 0 radical (unpaired) electrons. The lowest BCUT2D eigenvalue weighted by molar-refractivity contribution is -0.00461. The Balaban J connectivity index is 2.12. The summed E-state index contributed by atoms with van der Waals surface area (Å²) < 4.78 is 11.0. The lowest BCUT2D eigenvalue weighted by Crippen LogP contribution is -2.29. The van der Waals surface area contributed by atoms with E-state index >= 15 is 0 Å². The third-order valence-electron chi connectivity index (χ3n) is 3.91. The summed E-state index contributed by atoms with van der Waals surface area (Å²) in [5, 5.41) is 0. The summed E-state index contributed by atoms with van der Waals surface area (Å²) in [6.07, 6.45) is 1.25. The van der Waals surface area contributed by atoms with E-state index in [1.807, 2.05) is 6.07 Å². The van der Waals surface area contributed by atoms with Gasteiger partial charge in [-0.1, -0.05) is 30.3 Å². The van der Waals surface area contributed by atoms with Crippen LogP contribution in [-0.2, 0) is 9.47 Å². The Morgan fingerprint density at radius 2 is 1.74 bits per heavy atom. The molecule has 0 saturated carbocycles. The Kier molecular flexibility index (Phi) is 5.34. The van der Waals surface area contributed by atoms with Crippen LogP contribution in [0.2, 0.25) is 0 Å². The van der Waals surface area contributed by atoms with E-state index < -0.39 is 0 Å². The molecular weight excluding hydrogens is 240 g/mol. The maximum atomic E-state index is 5.78. The predicted octanol–water partition coefficient (Wildman–Crippen LogP) is 1.42. The number of nitrogens with zero attached hydrogens (tertiary/aromatic N) is 1. The van der Waals surface area contributed by atoms with Crippen LogP contribution in [0, 0.1) is 0 Å². The van der Waals surface area contributed by atoms with Gasteiger partial charge in [-0.3, -0.25) is 4.90 Å². The van der Waals surface area contributed by atoms with E-state index in [2.05, 4.69) is 29.2 Å². The Bertz CT molecular complexity index is 360. The lowest BCUT2D eigenvalue weighted by Gasteiger charge is -2.27. The van der Waals surface area contributed by atoms with Crippen LogP contribution in [0.4, 0.5) is 0 Å². The number of methoxy groups -OCH3 is 2. The van der Waals surface area contributed by atoms with Gasteiger partial charge in [-0.2, -0.15) is 0 Å². The van der Waals surface area contributed by atoms with Gasteiger partial charge in [0.2, 0.25) is 0 Å². The van der Waals surface area contributed by atoms with Crippen LogP contribution in [-0.4, -0.2) is 51.0 Å². The summed E-state index contributed by atoms with van der Waals surface area (Å²) in [5.41, 5.74) is 7.10. The monoisotopic (exact) mass is 264 g/mol. The van der Waals surface area contributed by atoms with E-state index in [1.165, 1.54) is 5.56 Å². The molecule has 1 saturated heterocycles. The standard InChI is InChI=1S/C15H24N2O2/c1-18-14-10-17(11-15(14)19-2)13(8-9-16)12-6-4-3-5-7-12/h3-7,13-15H,8-11,16H2,1-2H3. The number of hydrogen-bond acceptors (Lipinski definition) is 4. The van der Waals surface area contributed by atoms with Gasteiger partial charge in [0.15, 0.2) is 0 Å². The van der Waals surface area contributed by atoms with E-state index in [0.717, 1.165) is 19.5 Å². The zero-order chi connectivity index (χ0) is 13.7. The van der Waals surface area contributed by atoms with Crippen molar-refractivity contribution in [2.75, 3.05) is 33.9 Å². The smallest absolute Gasteiger partial charge is 0.0972 e. The van der Waals surface area contributed by atoms with Crippen molar-refractivity contribution in [1.82, 2.24) is 4.90 Å². The molecular formula is C15H24N2O2. The first-order valence-electron chi connectivity index (χ1n) is 6.84. The lowest BCUT2D eigenvalue weighted by atomic mass is 10.0. The highest BCUT2D eigenvalue weighted by molar-refractivity contribution is 5.19. The van der Waals surface area contributed by atoms with Crippen molar-refractivity contribution in [3.05, 3.63) is 35.9 Å². The first kappa shape index (κ1) is 14.5. The summed E-state index contributed by atoms with van der Waals surface area (Å²) in [4.78, 5) is 2.42. The van der Waals surface area contributed by atoms with Gasteiger partial charge >= 0.3 is 0 Å². The third kappa shape index (κ3) is 3.34. The molecule has 0 spiro atoms. The molecule has 0 bridgehead atoms. The molecule has 106 valence electrons. The highest BCUT2D eigenvalue weighted by Crippen LogP contribution is 2.29. The van der Waals surface area contributed by atoms with Crippen molar-refractivity contribution < 1.29 is 9.47 Å². The largest absolute Gasteiger partial charge is 0.377 e. The number of hydrogen-bond donors (Lipinski definition) is 1. The molecule has 0 aliphatic carbocycles. The van der Waals surface area contributed by atoms with E-state index in [0.29, 0.717) is 12.6 Å². The van der Waals surface area contributed by atoms with Crippen molar-refractivity contribution in [3.63, 3.8) is 0 Å². The zero-order valence-corrected chi connectivity index (χ0v) is 11.8. The van der Waals surface area contributed by atoms with Gasteiger partial charge in [-0.15, -0.1) is 0 Å². The van der Waals surface area contributed by atoms with Crippen molar-refractivity contribution in [2.45, 2.75) is 24.7 Å². The quantitative estimate of drug-likeness (QED) is 0.844. The molecule has 0 amide bonds. The topological polar surface area (TPSA) is 47.7 Å². The Morgan fingerprint density at radius 3 is 2.21 bits per heavy atom. The average molecular weight is 264 g/mol. The molecule has 1 aromatic carbocycles. The number of likely N-dealkylation sites (tertiary alicyclic amines) is 1. The number of nitrogens with two attached hydrogens (primary N) is 1. The number of rotatable bonds is 6. The van der Waals surface area contributed by atoms with Crippen LogP contribution < -0.4 is 5.73 Å². The SMILES string of the molecule is COC1CN(C(CCN)c2ccccc2)CC1OC. The van der Waals surface area contributed by atoms with Gasteiger partial charge in [0, 0.05) is 33.4 Å². The van der Waals surface area contributed by atoms with Crippen molar-refractivity contribution in [2.24, 2.45) is 5.73 Å². The second-order valence-corrected chi connectivity index (χ2v) is 5.01. The molecule has 1 aromatic rings. The second kappa shape index (κ2) is 7.01. The Morgan fingerprint density at radius 1 is 1.16 bits per heavy atom. The first-order valence-corrected chi connectivity index (χ1v) is 6.84. The molecule has 0 aromatic heterocycles. The molecule has 1 heterocycles. The summed E-state index contributed by atoms with van der Waals surface area (Å²) >= 11 is 0. The van der Waals surface area contributed by atoms with E-state index in [-0.39, 0.29) is 12.2 Å². The number of ether oxygens (including phenoxy) is 2. The zero-order valence-electron chi connectivity index (χ0n) is 11.8. The van der Waals surface area contributed by atoms with Gasteiger partial charge < -0.3 is 15.2 Å². The van der Waals surface area contributed by atoms with Crippen LogP contribution in [0.15, 0.2) is 30.3 Å². The predicted molar refractivity (Wildman–Crippen MR) is 76.0 cm³/mol. The fraction of sp³-hybridized carbons (Fsp3) is 0.600. The first-order chi connectivity index (χ1) is 9.30. The highest BCUT2D eigenvalue weighted by atomic mass is 16.5. The molecule has 1 aliphatic heterocycles. The Labute approximate surface area is 115 Å². The van der Waals surface area contributed by atoms with Crippen LogP contribution in [0.5, 0.6) is 0 Å². The molecule has 3 atom stereocenters. The maximum Gasteiger partial charge on any atom is 0.0972 e. The summed E-state index contributed by atoms with van der Waals surface area (Å²) in [7, 11) is 3.50. The summed E-state index contributed by atoms with van der Waals surface area (Å²) in [6, 6.07) is 10.9. The molecule has 4 heteroatoms. The van der Waals surface area contributed by atoms with Crippen molar-refractivity contribution in [1.29, 1.82) is 0 Å². The fourth-order valence-electron chi connectivity index (χ4n) is 2.87. The molecule has 2 N–H and O–H groups in total. The molecule has 19 heavy (non-hydrogen) atoms. The second-order valence-electron chi connectivity index (χ2n) is 5.01. The molecule has 1 aliphatic rings. The van der Waals surface area contributed by atoms with E-state index in [1.54, 1.807) is 14.2 Å². The van der Waals surface area contributed by atoms with Crippen LogP contribution in [0.25, 0.3) is 0 Å².